The molecule has 20 heavy (non-hydrogen) atoms. The summed E-state index contributed by atoms with van der Waals surface area (Å²) in [7, 11) is 0. The molecule has 0 radical (unpaired) electrons. The van der Waals surface area contributed by atoms with Gasteiger partial charge in [-0.3, -0.25) is 0 Å². The van der Waals surface area contributed by atoms with Crippen LogP contribution in [-0.2, 0) is 0 Å². The van der Waals surface area contributed by atoms with Crippen LogP contribution in [-0.4, -0.2) is 35.1 Å². The minimum Gasteiger partial charge on any atom is -0.478 e. The Balaban J connectivity index is 3.04. The minimum absolute atomic E-state index is 0.268. The number of carboxylic acids is 1. The lowest BCUT2D eigenvalue weighted by molar-refractivity contribution is 0.0697. The first-order valence-corrected chi connectivity index (χ1v) is 6.18. The normalized spacial score (nSPS) is 10.2. The number of amides is 2. The van der Waals surface area contributed by atoms with Gasteiger partial charge in [0, 0.05) is 19.2 Å². The fourth-order valence-electron chi connectivity index (χ4n) is 1.69. The molecule has 1 rings (SSSR count). The molecule has 0 saturated heterocycles. The Bertz CT molecular complexity index is 521. The lowest BCUT2D eigenvalue weighted by Crippen LogP contribution is -2.35. The van der Waals surface area contributed by atoms with Crippen molar-refractivity contribution in [1.82, 2.24) is 4.90 Å². The van der Waals surface area contributed by atoms with Crippen molar-refractivity contribution in [2.24, 2.45) is 0 Å². The Kier molecular flexibility index (Phi) is 5.42. The number of aromatic carboxylic acids is 1. The highest BCUT2D eigenvalue weighted by Crippen LogP contribution is 2.20. The average Bonchev–Trinajstić information content (AvgIpc) is 2.39. The number of carbonyl (C=O) groups excluding carboxylic acids is 1. The summed E-state index contributed by atoms with van der Waals surface area (Å²) in [5, 5.41) is 11.2. The van der Waals surface area contributed by atoms with Crippen molar-refractivity contribution < 1.29 is 23.5 Å². The van der Waals surface area contributed by atoms with E-state index in [1.807, 2.05) is 6.92 Å². The number of carboxylic acid groups (broad SMARTS) is 1. The smallest absolute Gasteiger partial charge is 0.337 e. The summed E-state index contributed by atoms with van der Waals surface area (Å²) in [6.07, 6.45) is 0.727. The van der Waals surface area contributed by atoms with E-state index in [-0.39, 0.29) is 5.69 Å². The van der Waals surface area contributed by atoms with E-state index in [1.54, 1.807) is 6.92 Å². The maximum atomic E-state index is 13.2. The van der Waals surface area contributed by atoms with Crippen LogP contribution in [0, 0.1) is 11.6 Å². The number of rotatable bonds is 5. The molecular formula is C13H16F2N2O3. The van der Waals surface area contributed by atoms with E-state index in [9.17, 15) is 18.4 Å². The van der Waals surface area contributed by atoms with Gasteiger partial charge in [0.1, 0.15) is 0 Å². The minimum atomic E-state index is -1.45. The Hall–Kier alpha value is -2.18. The Morgan fingerprint density at radius 3 is 2.35 bits per heavy atom. The van der Waals surface area contributed by atoms with E-state index in [0.717, 1.165) is 6.42 Å². The van der Waals surface area contributed by atoms with Gasteiger partial charge in [0.05, 0.1) is 11.3 Å². The Morgan fingerprint density at radius 2 is 1.85 bits per heavy atom. The highest BCUT2D eigenvalue weighted by Gasteiger charge is 2.19. The topological polar surface area (TPSA) is 69.6 Å². The summed E-state index contributed by atoms with van der Waals surface area (Å²) in [4.78, 5) is 24.3. The lowest BCUT2D eigenvalue weighted by atomic mass is 10.1. The van der Waals surface area contributed by atoms with Gasteiger partial charge in [-0.1, -0.05) is 6.92 Å². The predicted molar refractivity (Wildman–Crippen MR) is 69.9 cm³/mol. The number of nitrogens with zero attached hydrogens (tertiary/aromatic N) is 1. The monoisotopic (exact) mass is 286 g/mol. The number of nitrogens with one attached hydrogen (secondary N) is 1. The van der Waals surface area contributed by atoms with E-state index in [0.29, 0.717) is 25.2 Å². The predicted octanol–water partition coefficient (Wildman–Crippen LogP) is 2.93. The molecule has 0 unspecified atom stereocenters. The maximum Gasteiger partial charge on any atom is 0.337 e. The molecule has 0 heterocycles. The number of carbonyl (C=O) groups is 2. The Labute approximate surface area is 115 Å². The number of hydrogen-bond acceptors (Lipinski definition) is 2. The van der Waals surface area contributed by atoms with Gasteiger partial charge in [0.25, 0.3) is 0 Å². The zero-order valence-corrected chi connectivity index (χ0v) is 11.2. The molecule has 0 aliphatic carbocycles. The van der Waals surface area contributed by atoms with E-state index in [2.05, 4.69) is 5.32 Å². The number of anilines is 1. The van der Waals surface area contributed by atoms with Crippen LogP contribution in [0.5, 0.6) is 0 Å². The zero-order valence-electron chi connectivity index (χ0n) is 11.2. The van der Waals surface area contributed by atoms with E-state index in [4.69, 9.17) is 5.11 Å². The molecule has 0 bridgehead atoms. The zero-order chi connectivity index (χ0) is 15.3. The highest BCUT2D eigenvalue weighted by atomic mass is 19.2. The van der Waals surface area contributed by atoms with Crippen LogP contribution in [0.4, 0.5) is 19.3 Å². The number of halogens is 2. The lowest BCUT2D eigenvalue weighted by Gasteiger charge is -2.21. The molecule has 0 aliphatic heterocycles. The summed E-state index contributed by atoms with van der Waals surface area (Å²) in [6.45, 7) is 4.55. The van der Waals surface area contributed by atoms with Crippen molar-refractivity contribution in [3.63, 3.8) is 0 Å². The third-order valence-electron chi connectivity index (χ3n) is 2.69. The van der Waals surface area contributed by atoms with Crippen molar-refractivity contribution in [1.29, 1.82) is 0 Å². The van der Waals surface area contributed by atoms with Crippen molar-refractivity contribution >= 4 is 17.7 Å². The van der Waals surface area contributed by atoms with E-state index >= 15 is 0 Å². The van der Waals surface area contributed by atoms with Gasteiger partial charge < -0.3 is 15.3 Å². The van der Waals surface area contributed by atoms with E-state index in [1.165, 1.54) is 4.90 Å². The van der Waals surface area contributed by atoms with Crippen molar-refractivity contribution in [3.05, 3.63) is 29.3 Å². The first-order chi connectivity index (χ1) is 9.40. The number of urea groups is 1. The van der Waals surface area contributed by atoms with Gasteiger partial charge in [-0.25, -0.2) is 18.4 Å². The van der Waals surface area contributed by atoms with Crippen LogP contribution >= 0.6 is 0 Å². The molecule has 2 N–H and O–H groups in total. The molecule has 0 saturated carbocycles. The van der Waals surface area contributed by atoms with Gasteiger partial charge >= 0.3 is 12.0 Å². The molecule has 0 atom stereocenters. The van der Waals surface area contributed by atoms with Gasteiger partial charge in [-0.15, -0.1) is 0 Å². The molecule has 5 nitrogen and oxygen atoms in total. The molecule has 0 spiro atoms. The third kappa shape index (κ3) is 3.66. The first kappa shape index (κ1) is 15.9. The van der Waals surface area contributed by atoms with Crippen LogP contribution in [0.2, 0.25) is 0 Å². The largest absolute Gasteiger partial charge is 0.478 e. The third-order valence-corrected chi connectivity index (χ3v) is 2.69. The molecule has 1 aromatic rings. The molecule has 2 amide bonds. The molecule has 1 aromatic carbocycles. The average molecular weight is 286 g/mol. The molecule has 0 aliphatic rings. The number of hydrogen-bond donors (Lipinski definition) is 2. The number of benzene rings is 1. The van der Waals surface area contributed by atoms with Gasteiger partial charge in [-0.05, 0) is 19.4 Å². The Morgan fingerprint density at radius 1 is 1.25 bits per heavy atom. The van der Waals surface area contributed by atoms with Gasteiger partial charge in [0.2, 0.25) is 0 Å². The quantitative estimate of drug-likeness (QED) is 0.874. The molecular weight excluding hydrogens is 270 g/mol. The van der Waals surface area contributed by atoms with Crippen molar-refractivity contribution in [2.75, 3.05) is 18.4 Å². The van der Waals surface area contributed by atoms with Crippen molar-refractivity contribution in [2.45, 2.75) is 20.3 Å². The van der Waals surface area contributed by atoms with Gasteiger partial charge in [-0.2, -0.15) is 0 Å². The summed E-state index contributed by atoms with van der Waals surface area (Å²) >= 11 is 0. The fourth-order valence-corrected chi connectivity index (χ4v) is 1.69. The van der Waals surface area contributed by atoms with Crippen LogP contribution in [0.25, 0.3) is 0 Å². The second kappa shape index (κ2) is 6.83. The second-order valence-corrected chi connectivity index (χ2v) is 4.13. The summed E-state index contributed by atoms with van der Waals surface area (Å²) < 4.78 is 26.2. The molecule has 110 valence electrons. The standard InChI is InChI=1S/C13H16F2N2O3/c1-3-5-17(4-2)13(20)16-11-7-10(15)9(14)6-8(11)12(18)19/h6-7H,3-5H2,1-2H3,(H,16,20)(H,18,19). The van der Waals surface area contributed by atoms with Gasteiger partial charge in [0.15, 0.2) is 11.6 Å². The molecule has 7 heteroatoms. The SMILES string of the molecule is CCCN(CC)C(=O)Nc1cc(F)c(F)cc1C(=O)O. The summed E-state index contributed by atoms with van der Waals surface area (Å²) in [6, 6.07) is 0.655. The highest BCUT2D eigenvalue weighted by molar-refractivity contribution is 6.00. The summed E-state index contributed by atoms with van der Waals surface area (Å²) in [5.74, 6) is -3.94. The van der Waals surface area contributed by atoms with E-state index < -0.39 is 29.2 Å². The fraction of sp³-hybridized carbons (Fsp3) is 0.385. The molecule has 0 fully saturated rings. The maximum absolute atomic E-state index is 13.2. The van der Waals surface area contributed by atoms with Crippen LogP contribution in [0.15, 0.2) is 12.1 Å². The molecule has 0 aromatic heterocycles. The van der Waals surface area contributed by atoms with Crippen molar-refractivity contribution in [3.8, 4) is 0 Å². The first-order valence-electron chi connectivity index (χ1n) is 6.18. The van der Waals surface area contributed by atoms with Crippen LogP contribution < -0.4 is 5.32 Å². The summed E-state index contributed by atoms with van der Waals surface area (Å²) in [5.41, 5.74) is -0.763. The van der Waals surface area contributed by atoms with Crippen LogP contribution in [0.3, 0.4) is 0 Å². The van der Waals surface area contributed by atoms with Crippen LogP contribution in [0.1, 0.15) is 30.6 Å². The second-order valence-electron chi connectivity index (χ2n) is 4.13.